The van der Waals surface area contributed by atoms with E-state index >= 15 is 0 Å². The Labute approximate surface area is 153 Å². The third-order valence-electron chi connectivity index (χ3n) is 3.97. The number of alkyl halides is 3. The summed E-state index contributed by atoms with van der Waals surface area (Å²) in [5.41, 5.74) is 1.70. The Hall–Kier alpha value is -2.80. The predicted molar refractivity (Wildman–Crippen MR) is 94.2 cm³/mol. The Morgan fingerprint density at radius 3 is 2.52 bits per heavy atom. The van der Waals surface area contributed by atoms with Gasteiger partial charge in [-0.25, -0.2) is 0 Å². The SMILES string of the molecule is C[C@H](NC(=O)c1ccc(COCC(F)(F)F)cc1)c1cc2ccccc2o1. The van der Waals surface area contributed by atoms with E-state index in [9.17, 15) is 18.0 Å². The molecule has 3 aromatic rings. The van der Waals surface area contributed by atoms with Gasteiger partial charge in [-0.2, -0.15) is 13.2 Å². The Morgan fingerprint density at radius 2 is 1.85 bits per heavy atom. The Balaban J connectivity index is 1.58. The number of benzene rings is 2. The molecule has 2 aromatic carbocycles. The lowest BCUT2D eigenvalue weighted by Gasteiger charge is -2.12. The van der Waals surface area contributed by atoms with Crippen molar-refractivity contribution in [3.05, 3.63) is 71.5 Å². The Bertz CT molecular complexity index is 883. The van der Waals surface area contributed by atoms with Crippen LogP contribution in [0.2, 0.25) is 0 Å². The molecule has 1 amide bonds. The van der Waals surface area contributed by atoms with E-state index in [0.29, 0.717) is 16.9 Å². The molecule has 0 saturated carbocycles. The molecule has 3 rings (SSSR count). The lowest BCUT2D eigenvalue weighted by molar-refractivity contribution is -0.176. The zero-order valence-corrected chi connectivity index (χ0v) is 14.5. The zero-order valence-electron chi connectivity index (χ0n) is 14.5. The van der Waals surface area contributed by atoms with E-state index in [1.165, 1.54) is 0 Å². The van der Waals surface area contributed by atoms with Gasteiger partial charge in [0.2, 0.25) is 0 Å². The van der Waals surface area contributed by atoms with Crippen LogP contribution in [0.25, 0.3) is 11.0 Å². The first kappa shape index (κ1) is 19.0. The third kappa shape index (κ3) is 5.10. The third-order valence-corrected chi connectivity index (χ3v) is 3.97. The van der Waals surface area contributed by atoms with Crippen LogP contribution >= 0.6 is 0 Å². The average Bonchev–Trinajstić information content (AvgIpc) is 3.05. The van der Waals surface area contributed by atoms with Gasteiger partial charge in [-0.1, -0.05) is 30.3 Å². The van der Waals surface area contributed by atoms with E-state index in [1.54, 1.807) is 24.3 Å². The van der Waals surface area contributed by atoms with Gasteiger partial charge in [0.25, 0.3) is 5.91 Å². The summed E-state index contributed by atoms with van der Waals surface area (Å²) in [7, 11) is 0. The van der Waals surface area contributed by atoms with Gasteiger partial charge < -0.3 is 14.5 Å². The molecule has 142 valence electrons. The lowest BCUT2D eigenvalue weighted by atomic mass is 10.1. The smallest absolute Gasteiger partial charge is 0.411 e. The molecule has 0 saturated heterocycles. The molecular formula is C20H18F3NO3. The molecule has 7 heteroatoms. The molecule has 0 bridgehead atoms. The van der Waals surface area contributed by atoms with E-state index in [-0.39, 0.29) is 18.6 Å². The zero-order chi connectivity index (χ0) is 19.4. The Kier molecular flexibility index (Phi) is 5.51. The molecule has 0 radical (unpaired) electrons. The predicted octanol–water partition coefficient (Wildman–Crippen LogP) is 5.00. The van der Waals surface area contributed by atoms with E-state index in [4.69, 9.17) is 4.42 Å². The first-order chi connectivity index (χ1) is 12.8. The summed E-state index contributed by atoms with van der Waals surface area (Å²) >= 11 is 0. The highest BCUT2D eigenvalue weighted by molar-refractivity contribution is 5.94. The van der Waals surface area contributed by atoms with E-state index in [1.807, 2.05) is 37.3 Å². The van der Waals surface area contributed by atoms with Gasteiger partial charge in [0.1, 0.15) is 18.0 Å². The number of hydrogen-bond donors (Lipinski definition) is 1. The van der Waals surface area contributed by atoms with Crippen LogP contribution in [0.1, 0.15) is 34.6 Å². The van der Waals surface area contributed by atoms with Crippen LogP contribution < -0.4 is 5.32 Å². The number of fused-ring (bicyclic) bond motifs is 1. The maximum absolute atomic E-state index is 12.4. The van der Waals surface area contributed by atoms with Crippen molar-refractivity contribution >= 4 is 16.9 Å². The summed E-state index contributed by atoms with van der Waals surface area (Å²) in [6.45, 7) is 0.343. The number of amides is 1. The molecule has 1 aromatic heterocycles. The van der Waals surface area contributed by atoms with Crippen molar-refractivity contribution in [2.24, 2.45) is 0 Å². The van der Waals surface area contributed by atoms with Gasteiger partial charge in [0.05, 0.1) is 12.6 Å². The van der Waals surface area contributed by atoms with Gasteiger partial charge in [-0.05, 0) is 36.8 Å². The number of carbonyl (C=O) groups excluding carboxylic acids is 1. The minimum absolute atomic E-state index is 0.170. The highest BCUT2D eigenvalue weighted by Crippen LogP contribution is 2.24. The topological polar surface area (TPSA) is 51.5 Å². The van der Waals surface area contributed by atoms with Crippen LogP contribution in [-0.2, 0) is 11.3 Å². The number of carbonyl (C=O) groups is 1. The van der Waals surface area contributed by atoms with Gasteiger partial charge >= 0.3 is 6.18 Å². The number of furan rings is 1. The number of nitrogens with one attached hydrogen (secondary N) is 1. The highest BCUT2D eigenvalue weighted by atomic mass is 19.4. The lowest BCUT2D eigenvalue weighted by Crippen LogP contribution is -2.26. The fourth-order valence-corrected chi connectivity index (χ4v) is 2.60. The molecule has 0 spiro atoms. The number of hydrogen-bond acceptors (Lipinski definition) is 3. The van der Waals surface area contributed by atoms with E-state index in [2.05, 4.69) is 10.1 Å². The number of halogens is 3. The second-order valence-corrected chi connectivity index (χ2v) is 6.19. The van der Waals surface area contributed by atoms with Gasteiger partial charge in [0, 0.05) is 10.9 Å². The fraction of sp³-hybridized carbons (Fsp3) is 0.250. The van der Waals surface area contributed by atoms with E-state index < -0.39 is 12.8 Å². The van der Waals surface area contributed by atoms with Gasteiger partial charge in [0.15, 0.2) is 0 Å². The van der Waals surface area contributed by atoms with Crippen molar-refractivity contribution in [1.29, 1.82) is 0 Å². The van der Waals surface area contributed by atoms with Crippen molar-refractivity contribution in [2.75, 3.05) is 6.61 Å². The summed E-state index contributed by atoms with van der Waals surface area (Å²) in [4.78, 5) is 12.4. The molecule has 0 unspecified atom stereocenters. The molecule has 27 heavy (non-hydrogen) atoms. The highest BCUT2D eigenvalue weighted by Gasteiger charge is 2.27. The molecule has 0 fully saturated rings. The van der Waals surface area contributed by atoms with Gasteiger partial charge in [-0.3, -0.25) is 4.79 Å². The summed E-state index contributed by atoms with van der Waals surface area (Å²) in [5, 5.41) is 3.80. The summed E-state index contributed by atoms with van der Waals surface area (Å²) in [6, 6.07) is 15.3. The normalized spacial score (nSPS) is 12.9. The summed E-state index contributed by atoms with van der Waals surface area (Å²) in [6.07, 6.45) is -4.35. The fourth-order valence-electron chi connectivity index (χ4n) is 2.60. The maximum atomic E-state index is 12.4. The van der Waals surface area contributed by atoms with Crippen molar-refractivity contribution in [1.82, 2.24) is 5.32 Å². The summed E-state index contributed by atoms with van der Waals surface area (Å²) in [5.74, 6) is 0.340. The van der Waals surface area contributed by atoms with Crippen LogP contribution in [0.4, 0.5) is 13.2 Å². The van der Waals surface area contributed by atoms with Crippen molar-refractivity contribution in [3.63, 3.8) is 0 Å². The first-order valence-electron chi connectivity index (χ1n) is 8.34. The standard InChI is InChI=1S/C20H18F3NO3/c1-13(18-10-16-4-2-3-5-17(16)27-18)24-19(25)15-8-6-14(7-9-15)11-26-12-20(21,22)23/h2-10,13H,11-12H2,1H3,(H,24,25)/t13-/m0/s1. The molecule has 4 nitrogen and oxygen atoms in total. The van der Waals surface area contributed by atoms with Crippen LogP contribution in [-0.4, -0.2) is 18.7 Å². The molecule has 1 N–H and O–H groups in total. The minimum atomic E-state index is -4.35. The van der Waals surface area contributed by atoms with Crippen molar-refractivity contribution < 1.29 is 27.1 Å². The van der Waals surface area contributed by atoms with E-state index in [0.717, 1.165) is 11.0 Å². The summed E-state index contributed by atoms with van der Waals surface area (Å²) < 4.78 is 46.5. The second-order valence-electron chi connectivity index (χ2n) is 6.19. The number of rotatable bonds is 6. The van der Waals surface area contributed by atoms with Crippen molar-refractivity contribution in [3.8, 4) is 0 Å². The average molecular weight is 377 g/mol. The minimum Gasteiger partial charge on any atom is -0.459 e. The van der Waals surface area contributed by atoms with Crippen LogP contribution in [0, 0.1) is 0 Å². The Morgan fingerprint density at radius 1 is 1.15 bits per heavy atom. The monoisotopic (exact) mass is 377 g/mol. The molecule has 0 aliphatic rings. The molecular weight excluding hydrogens is 359 g/mol. The molecule has 1 atom stereocenters. The van der Waals surface area contributed by atoms with Crippen molar-refractivity contribution in [2.45, 2.75) is 25.7 Å². The van der Waals surface area contributed by atoms with Crippen LogP contribution in [0.15, 0.2) is 59.0 Å². The van der Waals surface area contributed by atoms with Crippen LogP contribution in [0.5, 0.6) is 0 Å². The molecule has 1 heterocycles. The largest absolute Gasteiger partial charge is 0.459 e. The second kappa shape index (κ2) is 7.84. The van der Waals surface area contributed by atoms with Gasteiger partial charge in [-0.15, -0.1) is 0 Å². The quantitative estimate of drug-likeness (QED) is 0.658. The molecule has 0 aliphatic heterocycles. The molecule has 0 aliphatic carbocycles. The first-order valence-corrected chi connectivity index (χ1v) is 8.34. The number of para-hydroxylation sites is 1. The maximum Gasteiger partial charge on any atom is 0.411 e. The number of ether oxygens (including phenoxy) is 1. The van der Waals surface area contributed by atoms with Crippen LogP contribution in [0.3, 0.4) is 0 Å².